The molecule has 0 aliphatic rings. The molecule has 0 saturated carbocycles. The zero-order chi connectivity index (χ0) is 12.1. The highest BCUT2D eigenvalue weighted by Crippen LogP contribution is 2.08. The molecule has 2 heterocycles. The lowest BCUT2D eigenvalue weighted by atomic mass is 10.2. The normalized spacial score (nSPS) is 10.1. The van der Waals surface area contributed by atoms with E-state index in [1.807, 2.05) is 6.07 Å². The SMILES string of the molecule is Nc1ccc(NC(=O)CCc2ccco2)nc1. The maximum absolute atomic E-state index is 11.6. The first-order valence-corrected chi connectivity index (χ1v) is 5.28. The van der Waals surface area contributed by atoms with Crippen molar-refractivity contribution in [3.05, 3.63) is 42.5 Å². The molecule has 5 heteroatoms. The molecule has 3 N–H and O–H groups in total. The molecule has 0 spiro atoms. The molecule has 0 bridgehead atoms. The quantitative estimate of drug-likeness (QED) is 0.841. The second-order valence-electron chi connectivity index (χ2n) is 3.60. The topological polar surface area (TPSA) is 81.1 Å². The van der Waals surface area contributed by atoms with Gasteiger partial charge in [-0.1, -0.05) is 0 Å². The zero-order valence-corrected chi connectivity index (χ0v) is 9.22. The van der Waals surface area contributed by atoms with Crippen molar-refractivity contribution in [1.29, 1.82) is 0 Å². The van der Waals surface area contributed by atoms with E-state index in [1.165, 1.54) is 6.20 Å². The smallest absolute Gasteiger partial charge is 0.225 e. The molecule has 2 aromatic rings. The number of furan rings is 1. The van der Waals surface area contributed by atoms with Crippen molar-refractivity contribution in [3.8, 4) is 0 Å². The molecule has 88 valence electrons. The summed E-state index contributed by atoms with van der Waals surface area (Å²) in [6.07, 6.45) is 4.03. The Labute approximate surface area is 98.6 Å². The first-order chi connectivity index (χ1) is 8.24. The monoisotopic (exact) mass is 231 g/mol. The summed E-state index contributed by atoms with van der Waals surface area (Å²) in [5, 5.41) is 2.68. The van der Waals surface area contributed by atoms with Gasteiger partial charge in [0.2, 0.25) is 5.91 Å². The van der Waals surface area contributed by atoms with Crippen LogP contribution >= 0.6 is 0 Å². The molecule has 0 saturated heterocycles. The number of aryl methyl sites for hydroxylation is 1. The highest BCUT2D eigenvalue weighted by Gasteiger charge is 2.05. The number of pyridine rings is 1. The molecule has 17 heavy (non-hydrogen) atoms. The third kappa shape index (κ3) is 3.34. The third-order valence-electron chi connectivity index (χ3n) is 2.23. The molecule has 1 amide bonds. The Morgan fingerprint density at radius 3 is 2.94 bits per heavy atom. The molecule has 0 atom stereocenters. The second-order valence-corrected chi connectivity index (χ2v) is 3.60. The van der Waals surface area contributed by atoms with Gasteiger partial charge in [0.05, 0.1) is 18.1 Å². The van der Waals surface area contributed by atoms with Crippen molar-refractivity contribution in [1.82, 2.24) is 4.98 Å². The zero-order valence-electron chi connectivity index (χ0n) is 9.22. The van der Waals surface area contributed by atoms with E-state index in [-0.39, 0.29) is 5.91 Å². The summed E-state index contributed by atoms with van der Waals surface area (Å²) in [4.78, 5) is 15.6. The Morgan fingerprint density at radius 1 is 1.41 bits per heavy atom. The van der Waals surface area contributed by atoms with E-state index in [0.717, 1.165) is 5.76 Å². The van der Waals surface area contributed by atoms with E-state index in [4.69, 9.17) is 10.2 Å². The van der Waals surface area contributed by atoms with Crippen molar-refractivity contribution >= 4 is 17.4 Å². The lowest BCUT2D eigenvalue weighted by molar-refractivity contribution is -0.116. The first-order valence-electron chi connectivity index (χ1n) is 5.28. The van der Waals surface area contributed by atoms with Gasteiger partial charge in [-0.2, -0.15) is 0 Å². The molecule has 5 nitrogen and oxygen atoms in total. The fraction of sp³-hybridized carbons (Fsp3) is 0.167. The van der Waals surface area contributed by atoms with Crippen molar-refractivity contribution in [2.24, 2.45) is 0 Å². The summed E-state index contributed by atoms with van der Waals surface area (Å²) in [5.41, 5.74) is 6.06. The summed E-state index contributed by atoms with van der Waals surface area (Å²) < 4.78 is 5.14. The standard InChI is InChI=1S/C12H13N3O2/c13-9-3-5-11(14-8-9)15-12(16)6-4-10-2-1-7-17-10/h1-3,5,7-8H,4,6,13H2,(H,14,15,16). The van der Waals surface area contributed by atoms with Gasteiger partial charge in [-0.05, 0) is 24.3 Å². The molecular weight excluding hydrogens is 218 g/mol. The third-order valence-corrected chi connectivity index (χ3v) is 2.23. The van der Waals surface area contributed by atoms with Gasteiger partial charge in [-0.3, -0.25) is 4.79 Å². The van der Waals surface area contributed by atoms with Crippen LogP contribution in [0.3, 0.4) is 0 Å². The van der Waals surface area contributed by atoms with Crippen molar-refractivity contribution < 1.29 is 9.21 Å². The van der Waals surface area contributed by atoms with Crippen molar-refractivity contribution in [2.75, 3.05) is 11.1 Å². The number of aromatic nitrogens is 1. The molecule has 0 aliphatic carbocycles. The second kappa shape index (κ2) is 5.16. The summed E-state index contributed by atoms with van der Waals surface area (Å²) in [7, 11) is 0. The van der Waals surface area contributed by atoms with Crippen LogP contribution < -0.4 is 11.1 Å². The minimum atomic E-state index is -0.0985. The van der Waals surface area contributed by atoms with Crippen LogP contribution in [0, 0.1) is 0 Å². The predicted octanol–water partition coefficient (Wildman–Crippen LogP) is 1.83. The lowest BCUT2D eigenvalue weighted by Gasteiger charge is -2.03. The maximum Gasteiger partial charge on any atom is 0.225 e. The van der Waals surface area contributed by atoms with E-state index in [9.17, 15) is 4.79 Å². The van der Waals surface area contributed by atoms with E-state index in [0.29, 0.717) is 24.3 Å². The lowest BCUT2D eigenvalue weighted by Crippen LogP contribution is -2.13. The van der Waals surface area contributed by atoms with Crippen LogP contribution in [0.4, 0.5) is 11.5 Å². The van der Waals surface area contributed by atoms with Gasteiger partial charge in [-0.15, -0.1) is 0 Å². The summed E-state index contributed by atoms with van der Waals surface area (Å²) >= 11 is 0. The van der Waals surface area contributed by atoms with Crippen LogP contribution in [0.25, 0.3) is 0 Å². The average molecular weight is 231 g/mol. The molecule has 0 radical (unpaired) electrons. The molecule has 0 fully saturated rings. The van der Waals surface area contributed by atoms with Gasteiger partial charge in [0, 0.05) is 12.8 Å². The van der Waals surface area contributed by atoms with Gasteiger partial charge in [0.25, 0.3) is 0 Å². The number of rotatable bonds is 4. The van der Waals surface area contributed by atoms with E-state index >= 15 is 0 Å². The fourth-order valence-electron chi connectivity index (χ4n) is 1.38. The number of nitrogens with one attached hydrogen (secondary N) is 1. The molecular formula is C12H13N3O2. The molecule has 0 aromatic carbocycles. The Hall–Kier alpha value is -2.30. The number of nitrogens with two attached hydrogens (primary N) is 1. The van der Waals surface area contributed by atoms with Crippen LogP contribution in [0.15, 0.2) is 41.1 Å². The Kier molecular flexibility index (Phi) is 3.40. The minimum Gasteiger partial charge on any atom is -0.469 e. The fourth-order valence-corrected chi connectivity index (χ4v) is 1.38. The van der Waals surface area contributed by atoms with Crippen molar-refractivity contribution in [2.45, 2.75) is 12.8 Å². The highest BCUT2D eigenvalue weighted by atomic mass is 16.3. The van der Waals surface area contributed by atoms with Gasteiger partial charge >= 0.3 is 0 Å². The number of hydrogen-bond acceptors (Lipinski definition) is 4. The van der Waals surface area contributed by atoms with Crippen LogP contribution in [-0.2, 0) is 11.2 Å². The number of amides is 1. The van der Waals surface area contributed by atoms with E-state index in [1.54, 1.807) is 24.5 Å². The van der Waals surface area contributed by atoms with Gasteiger partial charge in [0.15, 0.2) is 0 Å². The van der Waals surface area contributed by atoms with Gasteiger partial charge in [-0.25, -0.2) is 4.98 Å². The van der Waals surface area contributed by atoms with Gasteiger partial charge < -0.3 is 15.5 Å². The molecule has 2 aromatic heterocycles. The van der Waals surface area contributed by atoms with Crippen LogP contribution in [0.2, 0.25) is 0 Å². The highest BCUT2D eigenvalue weighted by molar-refractivity contribution is 5.89. The summed E-state index contributed by atoms with van der Waals surface area (Å²) in [5.74, 6) is 1.20. The number of carbonyl (C=O) groups is 1. The Balaban J connectivity index is 1.83. The first kappa shape index (κ1) is 11.2. The summed E-state index contributed by atoms with van der Waals surface area (Å²) in [6.45, 7) is 0. The number of hydrogen-bond donors (Lipinski definition) is 2. The number of nitrogen functional groups attached to an aromatic ring is 1. The van der Waals surface area contributed by atoms with Crippen LogP contribution in [-0.4, -0.2) is 10.9 Å². The van der Waals surface area contributed by atoms with Crippen LogP contribution in [0.1, 0.15) is 12.2 Å². The predicted molar refractivity (Wildman–Crippen MR) is 64.3 cm³/mol. The van der Waals surface area contributed by atoms with E-state index in [2.05, 4.69) is 10.3 Å². The van der Waals surface area contributed by atoms with Gasteiger partial charge in [0.1, 0.15) is 11.6 Å². The number of anilines is 2. The average Bonchev–Trinajstić information content (AvgIpc) is 2.83. The molecule has 2 rings (SSSR count). The molecule has 0 unspecified atom stereocenters. The Bertz CT molecular complexity index is 477. The maximum atomic E-state index is 11.6. The van der Waals surface area contributed by atoms with Crippen molar-refractivity contribution in [3.63, 3.8) is 0 Å². The van der Waals surface area contributed by atoms with E-state index < -0.39 is 0 Å². The minimum absolute atomic E-state index is 0.0985. The number of carbonyl (C=O) groups excluding carboxylic acids is 1. The largest absolute Gasteiger partial charge is 0.469 e. The molecule has 0 aliphatic heterocycles. The number of nitrogens with zero attached hydrogens (tertiary/aromatic N) is 1. The van der Waals surface area contributed by atoms with Crippen LogP contribution in [0.5, 0.6) is 0 Å². The summed E-state index contributed by atoms with van der Waals surface area (Å²) in [6, 6.07) is 7.00. The Morgan fingerprint density at radius 2 is 2.29 bits per heavy atom.